The molecule has 4 amide bonds. The first-order valence-electron chi connectivity index (χ1n) is 9.62. The summed E-state index contributed by atoms with van der Waals surface area (Å²) >= 11 is 0. The van der Waals surface area contributed by atoms with Gasteiger partial charge >= 0.3 is 6.03 Å². The van der Waals surface area contributed by atoms with Crippen LogP contribution in [0.25, 0.3) is 0 Å². The van der Waals surface area contributed by atoms with Crippen molar-refractivity contribution in [3.63, 3.8) is 0 Å². The number of likely N-dealkylation sites (tertiary alicyclic amines) is 1. The molecule has 0 bridgehead atoms. The molecule has 2 aliphatic rings. The Hall–Kier alpha value is -2.44. The zero-order valence-electron chi connectivity index (χ0n) is 15.8. The number of nitrogens with one attached hydrogen (secondary N) is 1. The first-order chi connectivity index (χ1) is 12.9. The number of imide groups is 1. The van der Waals surface area contributed by atoms with E-state index in [2.05, 4.69) is 5.32 Å². The molecule has 2 heterocycles. The van der Waals surface area contributed by atoms with Crippen LogP contribution in [0.1, 0.15) is 51.5 Å². The van der Waals surface area contributed by atoms with Gasteiger partial charge in [-0.05, 0) is 49.8 Å². The molecule has 27 heavy (non-hydrogen) atoms. The van der Waals surface area contributed by atoms with Gasteiger partial charge in [-0.1, -0.05) is 26.0 Å². The molecule has 0 aliphatic carbocycles. The van der Waals surface area contributed by atoms with Crippen LogP contribution >= 0.6 is 0 Å². The van der Waals surface area contributed by atoms with Crippen LogP contribution in [0.2, 0.25) is 0 Å². The van der Waals surface area contributed by atoms with E-state index in [4.69, 9.17) is 0 Å². The van der Waals surface area contributed by atoms with Crippen molar-refractivity contribution in [1.29, 1.82) is 0 Å². The Kier molecular flexibility index (Phi) is 5.48. The number of halogens is 1. The van der Waals surface area contributed by atoms with E-state index in [-0.39, 0.29) is 18.5 Å². The predicted molar refractivity (Wildman–Crippen MR) is 98.3 cm³/mol. The average molecular weight is 375 g/mol. The monoisotopic (exact) mass is 375 g/mol. The van der Waals surface area contributed by atoms with Crippen LogP contribution < -0.4 is 5.32 Å². The summed E-state index contributed by atoms with van der Waals surface area (Å²) in [5.74, 6) is -1.07. The number of nitrogens with zero attached hydrogens (tertiary/aromatic N) is 2. The van der Waals surface area contributed by atoms with E-state index in [9.17, 15) is 18.8 Å². The van der Waals surface area contributed by atoms with Crippen molar-refractivity contribution >= 4 is 17.8 Å². The van der Waals surface area contributed by atoms with Gasteiger partial charge in [0.25, 0.3) is 5.91 Å². The standard InChI is InChI=1S/C20H26FN3O3/c1-3-16-7-5-6-12-23(16)17(25)13-24-18(26)20(4-2,22-19(24)27)14-8-10-15(21)11-9-14/h8-11,16H,3-7,12-13H2,1-2H3,(H,22,27)/t16-,20-/m1/s1. The van der Waals surface area contributed by atoms with Gasteiger partial charge in [0.15, 0.2) is 0 Å². The van der Waals surface area contributed by atoms with E-state index in [1.807, 2.05) is 6.92 Å². The lowest BCUT2D eigenvalue weighted by Gasteiger charge is -2.36. The first-order valence-corrected chi connectivity index (χ1v) is 9.62. The van der Waals surface area contributed by atoms with Gasteiger partial charge in [0.2, 0.25) is 5.91 Å². The van der Waals surface area contributed by atoms with Gasteiger partial charge in [-0.25, -0.2) is 9.18 Å². The molecule has 3 rings (SSSR count). The second-order valence-electron chi connectivity index (χ2n) is 7.23. The highest BCUT2D eigenvalue weighted by atomic mass is 19.1. The maximum atomic E-state index is 13.3. The van der Waals surface area contributed by atoms with Crippen LogP contribution in [0.5, 0.6) is 0 Å². The number of carbonyl (C=O) groups is 3. The third-order valence-electron chi connectivity index (χ3n) is 5.76. The second kappa shape index (κ2) is 7.66. The fraction of sp³-hybridized carbons (Fsp3) is 0.550. The lowest BCUT2D eigenvalue weighted by atomic mass is 9.87. The van der Waals surface area contributed by atoms with Gasteiger partial charge in [0, 0.05) is 12.6 Å². The minimum absolute atomic E-state index is 0.167. The van der Waals surface area contributed by atoms with Crippen molar-refractivity contribution < 1.29 is 18.8 Å². The molecular weight excluding hydrogens is 349 g/mol. The summed E-state index contributed by atoms with van der Waals surface area (Å²) in [5.41, 5.74) is -0.735. The van der Waals surface area contributed by atoms with Gasteiger partial charge in [-0.2, -0.15) is 0 Å². The van der Waals surface area contributed by atoms with Gasteiger partial charge in [0.1, 0.15) is 17.9 Å². The Balaban J connectivity index is 1.81. The molecule has 146 valence electrons. The zero-order chi connectivity index (χ0) is 19.6. The minimum Gasteiger partial charge on any atom is -0.338 e. The maximum absolute atomic E-state index is 13.3. The van der Waals surface area contributed by atoms with Crippen LogP contribution in [0.4, 0.5) is 9.18 Å². The van der Waals surface area contributed by atoms with Gasteiger partial charge in [-0.15, -0.1) is 0 Å². The molecule has 0 aromatic heterocycles. The number of hydrogen-bond acceptors (Lipinski definition) is 3. The Bertz CT molecular complexity index is 736. The highest BCUT2D eigenvalue weighted by Crippen LogP contribution is 2.32. The predicted octanol–water partition coefficient (Wildman–Crippen LogP) is 2.77. The largest absolute Gasteiger partial charge is 0.338 e. The second-order valence-corrected chi connectivity index (χ2v) is 7.23. The maximum Gasteiger partial charge on any atom is 0.325 e. The zero-order valence-corrected chi connectivity index (χ0v) is 15.8. The highest BCUT2D eigenvalue weighted by Gasteiger charge is 2.52. The summed E-state index contributed by atoms with van der Waals surface area (Å²) in [4.78, 5) is 41.2. The van der Waals surface area contributed by atoms with Crippen LogP contribution in [0.15, 0.2) is 24.3 Å². The molecular formula is C20H26FN3O3. The van der Waals surface area contributed by atoms with Crippen molar-refractivity contribution in [2.45, 2.75) is 57.5 Å². The molecule has 0 saturated carbocycles. The Morgan fingerprint density at radius 2 is 1.93 bits per heavy atom. The number of hydrogen-bond donors (Lipinski definition) is 1. The van der Waals surface area contributed by atoms with Crippen LogP contribution in [0.3, 0.4) is 0 Å². The van der Waals surface area contributed by atoms with Crippen molar-refractivity contribution in [1.82, 2.24) is 15.1 Å². The molecule has 2 aliphatic heterocycles. The van der Waals surface area contributed by atoms with Crippen LogP contribution in [-0.4, -0.2) is 46.8 Å². The summed E-state index contributed by atoms with van der Waals surface area (Å²) < 4.78 is 13.3. The molecule has 0 unspecified atom stereocenters. The van der Waals surface area contributed by atoms with Gasteiger partial charge in [-0.3, -0.25) is 14.5 Å². The number of carbonyl (C=O) groups excluding carboxylic acids is 3. The fourth-order valence-corrected chi connectivity index (χ4v) is 4.12. The molecule has 2 atom stereocenters. The van der Waals surface area contributed by atoms with Crippen LogP contribution in [0, 0.1) is 5.82 Å². The number of urea groups is 1. The average Bonchev–Trinajstić information content (AvgIpc) is 2.93. The highest BCUT2D eigenvalue weighted by molar-refractivity contribution is 6.09. The molecule has 6 nitrogen and oxygen atoms in total. The van der Waals surface area contributed by atoms with Crippen molar-refractivity contribution in [2.24, 2.45) is 0 Å². The summed E-state index contributed by atoms with van der Waals surface area (Å²) in [6, 6.07) is 5.11. The minimum atomic E-state index is -1.25. The van der Waals surface area contributed by atoms with Gasteiger partial charge in [0.05, 0.1) is 0 Å². The topological polar surface area (TPSA) is 69.7 Å². The Morgan fingerprint density at radius 3 is 2.56 bits per heavy atom. The summed E-state index contributed by atoms with van der Waals surface area (Å²) in [6.45, 7) is 4.23. The Labute approximate surface area is 158 Å². The molecule has 0 spiro atoms. The molecule has 1 N–H and O–H groups in total. The third-order valence-corrected chi connectivity index (χ3v) is 5.76. The molecule has 1 aromatic carbocycles. The number of rotatable bonds is 5. The van der Waals surface area contributed by atoms with E-state index in [1.165, 1.54) is 24.3 Å². The SMILES string of the molecule is CC[C@@H]1CCCCN1C(=O)CN1C(=O)N[C@](CC)(c2ccc(F)cc2)C1=O. The normalized spacial score (nSPS) is 25.7. The first kappa shape index (κ1) is 19.3. The quantitative estimate of drug-likeness (QED) is 0.805. The van der Waals surface area contributed by atoms with E-state index in [1.54, 1.807) is 11.8 Å². The van der Waals surface area contributed by atoms with E-state index < -0.39 is 23.3 Å². The Morgan fingerprint density at radius 1 is 1.22 bits per heavy atom. The lowest BCUT2D eigenvalue weighted by Crippen LogP contribution is -2.49. The van der Waals surface area contributed by atoms with Gasteiger partial charge < -0.3 is 10.2 Å². The molecule has 2 saturated heterocycles. The summed E-state index contributed by atoms with van der Waals surface area (Å²) in [6.07, 6.45) is 4.16. The van der Waals surface area contributed by atoms with Crippen molar-refractivity contribution in [3.05, 3.63) is 35.6 Å². The lowest BCUT2D eigenvalue weighted by molar-refractivity contribution is -0.141. The van der Waals surface area contributed by atoms with E-state index >= 15 is 0 Å². The number of amides is 4. The summed E-state index contributed by atoms with van der Waals surface area (Å²) in [5, 5.41) is 2.73. The smallest absolute Gasteiger partial charge is 0.325 e. The molecule has 2 fully saturated rings. The van der Waals surface area contributed by atoms with E-state index in [0.29, 0.717) is 18.5 Å². The van der Waals surface area contributed by atoms with Crippen LogP contribution in [-0.2, 0) is 15.1 Å². The van der Waals surface area contributed by atoms with Crippen molar-refractivity contribution in [3.8, 4) is 0 Å². The third kappa shape index (κ3) is 3.42. The number of benzene rings is 1. The molecule has 7 heteroatoms. The van der Waals surface area contributed by atoms with E-state index in [0.717, 1.165) is 30.6 Å². The number of piperidine rings is 1. The fourth-order valence-electron chi connectivity index (χ4n) is 4.12. The van der Waals surface area contributed by atoms with Crippen molar-refractivity contribution in [2.75, 3.05) is 13.1 Å². The molecule has 0 radical (unpaired) electrons. The molecule has 1 aromatic rings. The summed E-state index contributed by atoms with van der Waals surface area (Å²) in [7, 11) is 0.